The van der Waals surface area contributed by atoms with Crippen molar-refractivity contribution in [2.24, 2.45) is 35.3 Å². The van der Waals surface area contributed by atoms with Gasteiger partial charge >= 0.3 is 0 Å². The van der Waals surface area contributed by atoms with E-state index in [2.05, 4.69) is 24.3 Å². The number of nitrogens with two attached hydrogens (primary N) is 1. The van der Waals surface area contributed by atoms with Gasteiger partial charge in [0.25, 0.3) is 0 Å². The van der Waals surface area contributed by atoms with Gasteiger partial charge in [-0.1, -0.05) is 24.3 Å². The second-order valence-electron chi connectivity index (χ2n) is 4.39. The van der Waals surface area contributed by atoms with Crippen molar-refractivity contribution in [2.45, 2.75) is 6.42 Å². The first-order chi connectivity index (χ1) is 5.90. The van der Waals surface area contributed by atoms with Gasteiger partial charge in [0.15, 0.2) is 0 Å². The van der Waals surface area contributed by atoms with Gasteiger partial charge in [-0.2, -0.15) is 0 Å². The quantitative estimate of drug-likeness (QED) is 0.580. The molecule has 1 fully saturated rings. The molecule has 1 saturated carbocycles. The maximum absolute atomic E-state index is 5.75. The summed E-state index contributed by atoms with van der Waals surface area (Å²) in [6.45, 7) is 0.842. The maximum atomic E-state index is 5.75. The van der Waals surface area contributed by atoms with Gasteiger partial charge in [-0.15, -0.1) is 0 Å². The molecule has 3 aliphatic rings. The summed E-state index contributed by atoms with van der Waals surface area (Å²) < 4.78 is 0. The number of allylic oxidation sites excluding steroid dienone is 3. The van der Waals surface area contributed by atoms with E-state index in [1.807, 2.05) is 0 Å². The van der Waals surface area contributed by atoms with E-state index in [4.69, 9.17) is 5.73 Å². The molecule has 5 atom stereocenters. The Morgan fingerprint density at radius 3 is 2.75 bits per heavy atom. The second-order valence-corrected chi connectivity index (χ2v) is 4.39. The molecule has 0 aromatic heterocycles. The van der Waals surface area contributed by atoms with E-state index >= 15 is 0 Å². The summed E-state index contributed by atoms with van der Waals surface area (Å²) in [4.78, 5) is 0. The Labute approximate surface area is 73.3 Å². The molecule has 64 valence electrons. The lowest BCUT2D eigenvalue weighted by Gasteiger charge is -2.25. The second kappa shape index (κ2) is 2.23. The maximum Gasteiger partial charge on any atom is -0.00111 e. The molecule has 2 bridgehead atoms. The first kappa shape index (κ1) is 6.90. The Balaban J connectivity index is 1.94. The van der Waals surface area contributed by atoms with Crippen molar-refractivity contribution >= 4 is 0 Å². The van der Waals surface area contributed by atoms with Crippen LogP contribution in [0.2, 0.25) is 0 Å². The van der Waals surface area contributed by atoms with E-state index in [9.17, 15) is 0 Å². The zero-order chi connectivity index (χ0) is 8.13. The molecule has 5 unspecified atom stereocenters. The minimum Gasteiger partial charge on any atom is -0.330 e. The molecule has 1 heteroatoms. The average molecular weight is 161 g/mol. The van der Waals surface area contributed by atoms with Crippen molar-refractivity contribution in [3.05, 3.63) is 24.3 Å². The van der Waals surface area contributed by atoms with E-state index in [1.165, 1.54) is 6.42 Å². The summed E-state index contributed by atoms with van der Waals surface area (Å²) in [5, 5.41) is 0. The molecule has 2 N–H and O–H groups in total. The highest BCUT2D eigenvalue weighted by molar-refractivity contribution is 5.24. The van der Waals surface area contributed by atoms with Crippen LogP contribution in [0.15, 0.2) is 24.3 Å². The van der Waals surface area contributed by atoms with E-state index < -0.39 is 0 Å². The molecule has 0 aromatic carbocycles. The largest absolute Gasteiger partial charge is 0.330 e. The molecule has 0 spiro atoms. The van der Waals surface area contributed by atoms with Crippen LogP contribution in [0.3, 0.4) is 0 Å². The lowest BCUT2D eigenvalue weighted by Crippen LogP contribution is -2.25. The Morgan fingerprint density at radius 1 is 1.08 bits per heavy atom. The van der Waals surface area contributed by atoms with E-state index in [-0.39, 0.29) is 0 Å². The third-order valence-electron chi connectivity index (χ3n) is 3.93. The van der Waals surface area contributed by atoms with Gasteiger partial charge in [-0.25, -0.2) is 0 Å². The van der Waals surface area contributed by atoms with E-state index in [0.29, 0.717) is 5.92 Å². The van der Waals surface area contributed by atoms with Gasteiger partial charge in [-0.3, -0.25) is 0 Å². The molecule has 0 aromatic rings. The summed E-state index contributed by atoms with van der Waals surface area (Å²) in [6.07, 6.45) is 11.0. The standard InChI is InChI=1S/C11H15N/c12-6-9-3-4-10-7-1-2-8(5-7)11(9)10/h1-4,7-11H,5-6,12H2. The first-order valence-electron chi connectivity index (χ1n) is 4.97. The monoisotopic (exact) mass is 161 g/mol. The van der Waals surface area contributed by atoms with Crippen LogP contribution in [0, 0.1) is 29.6 Å². The van der Waals surface area contributed by atoms with Crippen molar-refractivity contribution in [1.82, 2.24) is 0 Å². The molecule has 3 aliphatic carbocycles. The van der Waals surface area contributed by atoms with Crippen molar-refractivity contribution in [1.29, 1.82) is 0 Å². The predicted molar refractivity (Wildman–Crippen MR) is 49.4 cm³/mol. The van der Waals surface area contributed by atoms with Gasteiger partial charge in [0.2, 0.25) is 0 Å². The smallest absolute Gasteiger partial charge is 0.00111 e. The molecule has 0 radical (unpaired) electrons. The molecule has 3 rings (SSSR count). The zero-order valence-corrected chi connectivity index (χ0v) is 7.19. The number of hydrogen-bond donors (Lipinski definition) is 1. The Hall–Kier alpha value is -0.560. The SMILES string of the molecule is NCC1C=CC2C3C=CC(C3)C12. The fourth-order valence-electron chi connectivity index (χ4n) is 3.41. The fraction of sp³-hybridized carbons (Fsp3) is 0.636. The molecule has 0 amide bonds. The summed E-state index contributed by atoms with van der Waals surface area (Å²) in [7, 11) is 0. The molecule has 0 saturated heterocycles. The number of hydrogen-bond acceptors (Lipinski definition) is 1. The molecule has 12 heavy (non-hydrogen) atoms. The van der Waals surface area contributed by atoms with Gasteiger partial charge < -0.3 is 5.73 Å². The summed E-state index contributed by atoms with van der Waals surface area (Å²) in [6, 6.07) is 0. The fourth-order valence-corrected chi connectivity index (χ4v) is 3.41. The minimum atomic E-state index is 0.676. The molecular formula is C11H15N. The lowest BCUT2D eigenvalue weighted by atomic mass is 9.80. The number of rotatable bonds is 1. The van der Waals surface area contributed by atoms with Crippen molar-refractivity contribution in [3.8, 4) is 0 Å². The zero-order valence-electron chi connectivity index (χ0n) is 7.19. The third kappa shape index (κ3) is 0.680. The van der Waals surface area contributed by atoms with Crippen LogP contribution in [-0.4, -0.2) is 6.54 Å². The van der Waals surface area contributed by atoms with Gasteiger partial charge in [0.1, 0.15) is 0 Å². The van der Waals surface area contributed by atoms with Crippen molar-refractivity contribution in [3.63, 3.8) is 0 Å². The van der Waals surface area contributed by atoms with Crippen LogP contribution < -0.4 is 5.73 Å². The molecule has 0 heterocycles. The number of fused-ring (bicyclic) bond motifs is 5. The van der Waals surface area contributed by atoms with Gasteiger partial charge in [0.05, 0.1) is 0 Å². The van der Waals surface area contributed by atoms with Crippen LogP contribution in [-0.2, 0) is 0 Å². The molecule has 1 nitrogen and oxygen atoms in total. The van der Waals surface area contributed by atoms with Crippen molar-refractivity contribution < 1.29 is 0 Å². The highest BCUT2D eigenvalue weighted by Gasteiger charge is 2.47. The molecule has 0 aliphatic heterocycles. The van der Waals surface area contributed by atoms with Crippen LogP contribution in [0.1, 0.15) is 6.42 Å². The predicted octanol–water partition coefficient (Wildman–Crippen LogP) is 1.57. The van der Waals surface area contributed by atoms with E-state index in [0.717, 1.165) is 30.2 Å². The van der Waals surface area contributed by atoms with Gasteiger partial charge in [0, 0.05) is 0 Å². The molecular weight excluding hydrogens is 146 g/mol. The first-order valence-corrected chi connectivity index (χ1v) is 4.97. The third-order valence-corrected chi connectivity index (χ3v) is 3.93. The van der Waals surface area contributed by atoms with Crippen LogP contribution in [0.25, 0.3) is 0 Å². The summed E-state index contributed by atoms with van der Waals surface area (Å²) in [5.41, 5.74) is 5.75. The highest BCUT2D eigenvalue weighted by atomic mass is 14.6. The average Bonchev–Trinajstić information content (AvgIpc) is 2.76. The lowest BCUT2D eigenvalue weighted by molar-refractivity contribution is 0.315. The van der Waals surface area contributed by atoms with Crippen LogP contribution in [0.4, 0.5) is 0 Å². The minimum absolute atomic E-state index is 0.676. The Morgan fingerprint density at radius 2 is 1.92 bits per heavy atom. The van der Waals surface area contributed by atoms with Crippen LogP contribution in [0.5, 0.6) is 0 Å². The Bertz CT molecular complexity index is 254. The normalized spacial score (nSPS) is 53.6. The van der Waals surface area contributed by atoms with E-state index in [1.54, 1.807) is 0 Å². The van der Waals surface area contributed by atoms with Crippen LogP contribution >= 0.6 is 0 Å². The highest BCUT2D eigenvalue weighted by Crippen LogP contribution is 2.54. The topological polar surface area (TPSA) is 26.0 Å². The van der Waals surface area contributed by atoms with Crippen molar-refractivity contribution in [2.75, 3.05) is 6.54 Å². The Kier molecular flexibility index (Phi) is 1.28. The van der Waals surface area contributed by atoms with Gasteiger partial charge in [-0.05, 0) is 42.6 Å². The summed E-state index contributed by atoms with van der Waals surface area (Å²) in [5.74, 6) is 4.09. The summed E-state index contributed by atoms with van der Waals surface area (Å²) >= 11 is 0.